The Labute approximate surface area is 106 Å². The third-order valence-corrected chi connectivity index (χ3v) is 4.39. The van der Waals surface area contributed by atoms with Gasteiger partial charge in [0.2, 0.25) is 11.6 Å². The number of rotatable bonds is 2. The Kier molecular flexibility index (Phi) is 4.09. The molecule has 0 aromatic carbocycles. The van der Waals surface area contributed by atoms with Crippen molar-refractivity contribution in [3.63, 3.8) is 0 Å². The molecule has 0 fully saturated rings. The zero-order chi connectivity index (χ0) is 10.9. The number of halogens is 3. The summed E-state index contributed by atoms with van der Waals surface area (Å²) in [5.41, 5.74) is 0.299. The average Bonchev–Trinajstić information content (AvgIpc) is 2.19. The molecule has 14 heavy (non-hydrogen) atoms. The van der Waals surface area contributed by atoms with E-state index >= 15 is 0 Å². The van der Waals surface area contributed by atoms with Crippen molar-refractivity contribution in [2.75, 3.05) is 6.54 Å². The van der Waals surface area contributed by atoms with Gasteiger partial charge in [-0.15, -0.1) is 0 Å². The van der Waals surface area contributed by atoms with E-state index in [4.69, 9.17) is 0 Å². The summed E-state index contributed by atoms with van der Waals surface area (Å²) in [6.45, 7) is 2.44. The maximum Gasteiger partial charge on any atom is 0.218 e. The Balaban J connectivity index is 3.19. The van der Waals surface area contributed by atoms with Gasteiger partial charge in [-0.05, 0) is 54.7 Å². The van der Waals surface area contributed by atoms with Gasteiger partial charge in [0.1, 0.15) is 5.70 Å². The zero-order valence-electron chi connectivity index (χ0n) is 7.16. The number of carbonyl (C=O) groups excluding carboxylic acids is 2. The van der Waals surface area contributed by atoms with Gasteiger partial charge in [0, 0.05) is 6.54 Å². The van der Waals surface area contributed by atoms with Crippen LogP contribution in [0, 0.1) is 0 Å². The summed E-state index contributed by atoms with van der Waals surface area (Å²) in [6, 6.07) is 0. The van der Waals surface area contributed by atoms with Gasteiger partial charge < -0.3 is 5.32 Å². The molecule has 76 valence electrons. The number of ketones is 2. The lowest BCUT2D eigenvalue weighted by Gasteiger charge is -2.15. The van der Waals surface area contributed by atoms with Crippen molar-refractivity contribution in [3.8, 4) is 0 Å². The second kappa shape index (κ2) is 4.72. The van der Waals surface area contributed by atoms with E-state index in [1.54, 1.807) is 0 Å². The van der Waals surface area contributed by atoms with E-state index in [1.807, 2.05) is 6.92 Å². The van der Waals surface area contributed by atoms with Crippen molar-refractivity contribution in [3.05, 3.63) is 19.1 Å². The predicted molar refractivity (Wildman–Crippen MR) is 64.5 cm³/mol. The summed E-state index contributed by atoms with van der Waals surface area (Å²) in [5, 5.41) is 2.84. The van der Waals surface area contributed by atoms with Crippen LogP contribution in [0.2, 0.25) is 0 Å². The molecular weight excluding hydrogens is 382 g/mol. The smallest absolute Gasteiger partial charge is 0.218 e. The normalized spacial score (nSPS) is 18.0. The van der Waals surface area contributed by atoms with Crippen molar-refractivity contribution in [1.82, 2.24) is 5.32 Å². The lowest BCUT2D eigenvalue weighted by molar-refractivity contribution is -0.115. The molecule has 0 amide bonds. The van der Waals surface area contributed by atoms with Crippen LogP contribution in [0.5, 0.6) is 0 Å². The highest BCUT2D eigenvalue weighted by Crippen LogP contribution is 2.32. The molecular formula is C8H6Br3NO2. The van der Waals surface area contributed by atoms with E-state index in [0.29, 0.717) is 12.2 Å². The second-order valence-corrected chi connectivity index (χ2v) is 4.88. The fraction of sp³-hybridized carbons (Fsp3) is 0.250. The first kappa shape index (κ1) is 12.1. The summed E-state index contributed by atoms with van der Waals surface area (Å²) in [7, 11) is 0. The summed E-state index contributed by atoms with van der Waals surface area (Å²) < 4.78 is 0.761. The van der Waals surface area contributed by atoms with Gasteiger partial charge in [-0.2, -0.15) is 0 Å². The van der Waals surface area contributed by atoms with Crippen LogP contribution in [-0.2, 0) is 9.59 Å². The number of allylic oxidation sites excluding steroid dienone is 3. The highest BCUT2D eigenvalue weighted by atomic mass is 79.9. The molecule has 0 aromatic rings. The standard InChI is InChI=1S/C8H6Br3NO2/c1-2-12-6-5(11)7(13)3(9)4(10)8(6)14/h12H,2H2,1H3. The Morgan fingerprint density at radius 2 is 1.50 bits per heavy atom. The van der Waals surface area contributed by atoms with E-state index in [2.05, 4.69) is 53.1 Å². The van der Waals surface area contributed by atoms with Crippen LogP contribution in [0.15, 0.2) is 19.1 Å². The highest BCUT2D eigenvalue weighted by Gasteiger charge is 2.30. The van der Waals surface area contributed by atoms with Crippen LogP contribution in [0.25, 0.3) is 0 Å². The number of Topliss-reactive ketones (excluding diaryl/α,β-unsaturated/α-hetero) is 2. The van der Waals surface area contributed by atoms with Gasteiger partial charge in [0.25, 0.3) is 0 Å². The van der Waals surface area contributed by atoms with E-state index in [-0.39, 0.29) is 25.0 Å². The molecule has 0 aliphatic heterocycles. The van der Waals surface area contributed by atoms with Crippen LogP contribution in [0.1, 0.15) is 6.92 Å². The van der Waals surface area contributed by atoms with Gasteiger partial charge in [-0.3, -0.25) is 9.59 Å². The minimum absolute atomic E-state index is 0.231. The molecule has 1 rings (SSSR count). The van der Waals surface area contributed by atoms with Crippen LogP contribution >= 0.6 is 47.8 Å². The van der Waals surface area contributed by atoms with Gasteiger partial charge in [0.05, 0.1) is 13.4 Å². The fourth-order valence-corrected chi connectivity index (χ4v) is 2.49. The third-order valence-electron chi connectivity index (χ3n) is 1.59. The predicted octanol–water partition coefficient (Wildman–Crippen LogP) is 2.36. The van der Waals surface area contributed by atoms with Crippen molar-refractivity contribution < 1.29 is 9.59 Å². The minimum Gasteiger partial charge on any atom is -0.381 e. The molecule has 0 spiro atoms. The van der Waals surface area contributed by atoms with Crippen LogP contribution in [-0.4, -0.2) is 18.1 Å². The number of carbonyl (C=O) groups is 2. The Bertz CT molecular complexity index is 371. The summed E-state index contributed by atoms with van der Waals surface area (Å²) in [4.78, 5) is 23.2. The maximum atomic E-state index is 11.6. The van der Waals surface area contributed by atoms with E-state index in [1.165, 1.54) is 0 Å². The molecule has 0 heterocycles. The molecule has 1 aliphatic rings. The molecule has 0 saturated carbocycles. The molecule has 1 aliphatic carbocycles. The van der Waals surface area contributed by atoms with Crippen LogP contribution in [0.4, 0.5) is 0 Å². The molecule has 0 unspecified atom stereocenters. The Morgan fingerprint density at radius 3 is 2.00 bits per heavy atom. The molecule has 0 bridgehead atoms. The van der Waals surface area contributed by atoms with Gasteiger partial charge in [-0.1, -0.05) is 0 Å². The lowest BCUT2D eigenvalue weighted by atomic mass is 10.1. The molecule has 0 saturated heterocycles. The fourth-order valence-electron chi connectivity index (χ4n) is 0.953. The van der Waals surface area contributed by atoms with Crippen LogP contribution in [0.3, 0.4) is 0 Å². The van der Waals surface area contributed by atoms with E-state index < -0.39 is 0 Å². The van der Waals surface area contributed by atoms with Crippen molar-refractivity contribution >= 4 is 59.4 Å². The average molecular weight is 388 g/mol. The SMILES string of the molecule is CCNC1=C(Br)C(=O)C(Br)=C(Br)C1=O. The molecule has 3 nitrogen and oxygen atoms in total. The van der Waals surface area contributed by atoms with Gasteiger partial charge in [0.15, 0.2) is 0 Å². The Morgan fingerprint density at radius 1 is 1.00 bits per heavy atom. The van der Waals surface area contributed by atoms with Crippen LogP contribution < -0.4 is 5.32 Å². The van der Waals surface area contributed by atoms with Crippen molar-refractivity contribution in [2.45, 2.75) is 6.92 Å². The lowest BCUT2D eigenvalue weighted by Crippen LogP contribution is -2.27. The Hall–Kier alpha value is 0.0600. The molecule has 1 N–H and O–H groups in total. The largest absolute Gasteiger partial charge is 0.381 e. The van der Waals surface area contributed by atoms with Crippen molar-refractivity contribution in [2.24, 2.45) is 0 Å². The summed E-state index contributed by atoms with van der Waals surface area (Å²) >= 11 is 9.20. The summed E-state index contributed by atoms with van der Waals surface area (Å²) in [5.74, 6) is -0.474. The first-order valence-corrected chi connectivity index (χ1v) is 6.16. The first-order chi connectivity index (χ1) is 6.50. The molecule has 0 atom stereocenters. The van der Waals surface area contributed by atoms with Crippen molar-refractivity contribution in [1.29, 1.82) is 0 Å². The van der Waals surface area contributed by atoms with E-state index in [0.717, 1.165) is 0 Å². The number of hydrogen-bond donors (Lipinski definition) is 1. The van der Waals surface area contributed by atoms with Gasteiger partial charge >= 0.3 is 0 Å². The summed E-state index contributed by atoms with van der Waals surface area (Å²) in [6.07, 6.45) is 0. The second-order valence-electron chi connectivity index (χ2n) is 2.51. The molecule has 6 heteroatoms. The number of nitrogens with one attached hydrogen (secondary N) is 1. The van der Waals surface area contributed by atoms with E-state index in [9.17, 15) is 9.59 Å². The maximum absolute atomic E-state index is 11.6. The monoisotopic (exact) mass is 385 g/mol. The number of likely N-dealkylation sites (N-methyl/N-ethyl adjacent to an activating group) is 1. The number of hydrogen-bond acceptors (Lipinski definition) is 3. The zero-order valence-corrected chi connectivity index (χ0v) is 11.9. The third kappa shape index (κ3) is 2.01. The highest BCUT2D eigenvalue weighted by molar-refractivity contribution is 9.15. The molecule has 0 aromatic heterocycles. The van der Waals surface area contributed by atoms with Gasteiger partial charge in [-0.25, -0.2) is 0 Å². The topological polar surface area (TPSA) is 46.2 Å². The quantitative estimate of drug-likeness (QED) is 0.740. The minimum atomic E-state index is -0.243. The first-order valence-electron chi connectivity index (χ1n) is 3.79. The molecule has 0 radical (unpaired) electrons.